The number of carbonyl (C=O) groups is 1. The molecule has 0 bridgehead atoms. The van der Waals surface area contributed by atoms with Crippen molar-refractivity contribution >= 4 is 46.6 Å². The van der Waals surface area contributed by atoms with Crippen LogP contribution in [0.4, 0.5) is 5.69 Å². The summed E-state index contributed by atoms with van der Waals surface area (Å²) in [7, 11) is 0. The maximum absolute atomic E-state index is 12.1. The SMILES string of the molecule is Cc1cc(C)cc(-c2nnc(SCC(=O)Nc3c(Cl)cccc3Cl)o2)c1. The van der Waals surface area contributed by atoms with E-state index in [2.05, 4.69) is 21.6 Å². The van der Waals surface area contributed by atoms with Crippen molar-refractivity contribution < 1.29 is 9.21 Å². The zero-order valence-electron chi connectivity index (χ0n) is 14.0. The zero-order chi connectivity index (χ0) is 18.7. The van der Waals surface area contributed by atoms with E-state index in [-0.39, 0.29) is 11.7 Å². The van der Waals surface area contributed by atoms with Gasteiger partial charge in [-0.2, -0.15) is 0 Å². The van der Waals surface area contributed by atoms with Gasteiger partial charge in [-0.25, -0.2) is 0 Å². The number of benzene rings is 2. The number of rotatable bonds is 5. The molecule has 1 N–H and O–H groups in total. The molecule has 26 heavy (non-hydrogen) atoms. The van der Waals surface area contributed by atoms with Gasteiger partial charge in [0.15, 0.2) is 0 Å². The number of aryl methyl sites for hydroxylation is 2. The monoisotopic (exact) mass is 407 g/mol. The average molecular weight is 408 g/mol. The number of nitrogens with one attached hydrogen (secondary N) is 1. The molecule has 8 heteroatoms. The summed E-state index contributed by atoms with van der Waals surface area (Å²) in [4.78, 5) is 12.1. The largest absolute Gasteiger partial charge is 0.411 e. The molecule has 0 saturated carbocycles. The summed E-state index contributed by atoms with van der Waals surface area (Å²) >= 11 is 13.2. The molecule has 3 aromatic rings. The smallest absolute Gasteiger partial charge is 0.277 e. The highest BCUT2D eigenvalue weighted by molar-refractivity contribution is 7.99. The standard InChI is InChI=1S/C18H15Cl2N3O2S/c1-10-6-11(2)8-12(7-10)17-22-23-18(25-17)26-9-15(24)21-16-13(19)4-3-5-14(16)20/h3-8H,9H2,1-2H3,(H,21,24). The number of halogens is 2. The molecule has 0 fully saturated rings. The Kier molecular flexibility index (Phi) is 5.86. The Morgan fingerprint density at radius 2 is 1.77 bits per heavy atom. The maximum Gasteiger partial charge on any atom is 0.277 e. The summed E-state index contributed by atoms with van der Waals surface area (Å²) in [5, 5.41) is 11.8. The number of anilines is 1. The first-order chi connectivity index (χ1) is 12.4. The van der Waals surface area contributed by atoms with Gasteiger partial charge in [0.05, 0.1) is 21.5 Å². The maximum atomic E-state index is 12.1. The van der Waals surface area contributed by atoms with Crippen LogP contribution in [0.2, 0.25) is 10.0 Å². The van der Waals surface area contributed by atoms with Gasteiger partial charge in [0.25, 0.3) is 5.22 Å². The summed E-state index contributed by atoms with van der Waals surface area (Å²) in [6, 6.07) is 11.0. The van der Waals surface area contributed by atoms with Crippen molar-refractivity contribution in [3.05, 3.63) is 57.6 Å². The fourth-order valence-electron chi connectivity index (χ4n) is 2.40. The van der Waals surface area contributed by atoms with Crippen LogP contribution in [0, 0.1) is 13.8 Å². The number of hydrogen-bond donors (Lipinski definition) is 1. The summed E-state index contributed by atoms with van der Waals surface area (Å²) in [6.45, 7) is 4.01. The lowest BCUT2D eigenvalue weighted by atomic mass is 10.1. The minimum absolute atomic E-state index is 0.0933. The molecule has 0 saturated heterocycles. The third-order valence-electron chi connectivity index (χ3n) is 3.43. The number of hydrogen-bond acceptors (Lipinski definition) is 5. The summed E-state index contributed by atoms with van der Waals surface area (Å²) in [5.74, 6) is 0.251. The van der Waals surface area contributed by atoms with Crippen LogP contribution in [-0.2, 0) is 4.79 Å². The second-order valence-corrected chi connectivity index (χ2v) is 7.42. The molecule has 2 aromatic carbocycles. The van der Waals surface area contributed by atoms with Gasteiger partial charge in [0.1, 0.15) is 0 Å². The van der Waals surface area contributed by atoms with Gasteiger partial charge in [-0.3, -0.25) is 4.79 Å². The van der Waals surface area contributed by atoms with Crippen molar-refractivity contribution in [2.24, 2.45) is 0 Å². The van der Waals surface area contributed by atoms with Gasteiger partial charge < -0.3 is 9.73 Å². The summed E-state index contributed by atoms with van der Waals surface area (Å²) < 4.78 is 5.64. The molecule has 0 atom stereocenters. The number of carbonyl (C=O) groups excluding carboxylic acids is 1. The van der Waals surface area contributed by atoms with Gasteiger partial charge in [-0.15, -0.1) is 10.2 Å². The van der Waals surface area contributed by atoms with E-state index in [1.54, 1.807) is 18.2 Å². The predicted octanol–water partition coefficient (Wildman–Crippen LogP) is 5.39. The quantitative estimate of drug-likeness (QED) is 0.574. The highest BCUT2D eigenvalue weighted by Crippen LogP contribution is 2.30. The van der Waals surface area contributed by atoms with Gasteiger partial charge in [-0.1, -0.05) is 58.2 Å². The minimum atomic E-state index is -0.267. The van der Waals surface area contributed by atoms with E-state index in [1.165, 1.54) is 0 Å². The van der Waals surface area contributed by atoms with Gasteiger partial charge >= 0.3 is 0 Å². The molecule has 0 aliphatic rings. The van der Waals surface area contributed by atoms with Gasteiger partial charge in [0, 0.05) is 5.56 Å². The van der Waals surface area contributed by atoms with Crippen molar-refractivity contribution in [2.45, 2.75) is 19.1 Å². The second-order valence-electron chi connectivity index (χ2n) is 5.68. The normalized spacial score (nSPS) is 10.8. The van der Waals surface area contributed by atoms with E-state index in [4.69, 9.17) is 27.6 Å². The molecule has 1 aromatic heterocycles. The molecule has 0 radical (unpaired) electrons. The van der Waals surface area contributed by atoms with Crippen molar-refractivity contribution in [1.29, 1.82) is 0 Å². The molecular weight excluding hydrogens is 393 g/mol. The first kappa shape index (κ1) is 18.8. The molecule has 1 heterocycles. The highest BCUT2D eigenvalue weighted by Gasteiger charge is 2.14. The van der Waals surface area contributed by atoms with Crippen LogP contribution in [0.1, 0.15) is 11.1 Å². The third kappa shape index (κ3) is 4.58. The molecule has 1 amide bonds. The van der Waals surface area contributed by atoms with Crippen molar-refractivity contribution in [3.63, 3.8) is 0 Å². The Labute approximate surface area is 165 Å². The van der Waals surface area contributed by atoms with E-state index in [9.17, 15) is 4.79 Å². The van der Waals surface area contributed by atoms with Gasteiger partial charge in [0.2, 0.25) is 11.8 Å². The van der Waals surface area contributed by atoms with Crippen LogP contribution in [0.5, 0.6) is 0 Å². The fourth-order valence-corrected chi connectivity index (χ4v) is 3.46. The van der Waals surface area contributed by atoms with Crippen LogP contribution < -0.4 is 5.32 Å². The van der Waals surface area contributed by atoms with E-state index < -0.39 is 0 Å². The fraction of sp³-hybridized carbons (Fsp3) is 0.167. The summed E-state index contributed by atoms with van der Waals surface area (Å²) in [6.07, 6.45) is 0. The Morgan fingerprint density at radius 3 is 2.42 bits per heavy atom. The van der Waals surface area contributed by atoms with E-state index in [0.717, 1.165) is 28.5 Å². The first-order valence-corrected chi connectivity index (χ1v) is 9.45. The van der Waals surface area contributed by atoms with Crippen LogP contribution >= 0.6 is 35.0 Å². The van der Waals surface area contributed by atoms with Crippen molar-refractivity contribution in [3.8, 4) is 11.5 Å². The average Bonchev–Trinajstić information content (AvgIpc) is 3.05. The molecule has 0 aliphatic heterocycles. The Balaban J connectivity index is 1.64. The molecule has 0 spiro atoms. The number of nitrogens with zero attached hydrogens (tertiary/aromatic N) is 2. The zero-order valence-corrected chi connectivity index (χ0v) is 16.4. The van der Waals surface area contributed by atoms with Gasteiger partial charge in [-0.05, 0) is 38.1 Å². The van der Waals surface area contributed by atoms with E-state index >= 15 is 0 Å². The first-order valence-electron chi connectivity index (χ1n) is 7.71. The third-order valence-corrected chi connectivity index (χ3v) is 4.88. The molecule has 0 aliphatic carbocycles. The number of para-hydroxylation sites is 1. The van der Waals surface area contributed by atoms with Crippen LogP contribution in [0.3, 0.4) is 0 Å². The number of amides is 1. The number of aromatic nitrogens is 2. The van der Waals surface area contributed by atoms with Crippen LogP contribution in [-0.4, -0.2) is 21.9 Å². The van der Waals surface area contributed by atoms with Crippen LogP contribution in [0.15, 0.2) is 46.0 Å². The summed E-state index contributed by atoms with van der Waals surface area (Å²) in [5.41, 5.74) is 3.48. The molecular formula is C18H15Cl2N3O2S. The molecule has 3 rings (SSSR count). The van der Waals surface area contributed by atoms with E-state index in [0.29, 0.717) is 26.8 Å². The molecule has 134 valence electrons. The lowest BCUT2D eigenvalue weighted by Crippen LogP contribution is -2.14. The topological polar surface area (TPSA) is 68.0 Å². The lowest BCUT2D eigenvalue weighted by Gasteiger charge is -2.08. The predicted molar refractivity (Wildman–Crippen MR) is 105 cm³/mol. The Bertz CT molecular complexity index is 919. The Morgan fingerprint density at radius 1 is 1.12 bits per heavy atom. The highest BCUT2D eigenvalue weighted by atomic mass is 35.5. The lowest BCUT2D eigenvalue weighted by molar-refractivity contribution is -0.113. The van der Waals surface area contributed by atoms with Crippen LogP contribution in [0.25, 0.3) is 11.5 Å². The number of thioether (sulfide) groups is 1. The Hall–Kier alpha value is -2.02. The second kappa shape index (κ2) is 8.12. The van der Waals surface area contributed by atoms with Crippen molar-refractivity contribution in [2.75, 3.05) is 11.1 Å². The molecule has 0 unspecified atom stereocenters. The van der Waals surface area contributed by atoms with Crippen molar-refractivity contribution in [1.82, 2.24) is 10.2 Å². The molecule has 5 nitrogen and oxygen atoms in total. The van der Waals surface area contributed by atoms with E-state index in [1.807, 2.05) is 26.0 Å². The minimum Gasteiger partial charge on any atom is -0.411 e.